The molecule has 0 radical (unpaired) electrons. The molecule has 0 aliphatic rings. The maximum atomic E-state index is 12.7. The lowest BCUT2D eigenvalue weighted by molar-refractivity contribution is -0.870. The molecule has 334 valence electrons. The van der Waals surface area contributed by atoms with Crippen LogP contribution in [0.25, 0.3) is 0 Å². The molecule has 0 rings (SSSR count). The van der Waals surface area contributed by atoms with Gasteiger partial charge in [0.1, 0.15) is 19.3 Å². The Bertz CT molecular complexity index is 1050. The molecule has 0 saturated carbocycles. The first-order valence-electron chi connectivity index (χ1n) is 23.4. The molecule has 0 N–H and O–H groups in total. The number of hydrogen-bond donors (Lipinski definition) is 0. The van der Waals surface area contributed by atoms with Crippen molar-refractivity contribution in [3.8, 4) is 0 Å². The van der Waals surface area contributed by atoms with Crippen LogP contribution in [0, 0.1) is 0 Å². The van der Waals surface area contributed by atoms with Crippen molar-refractivity contribution in [3.05, 3.63) is 48.6 Å². The van der Waals surface area contributed by atoms with Gasteiger partial charge in [0, 0.05) is 13.0 Å². The summed E-state index contributed by atoms with van der Waals surface area (Å²) >= 11 is 0. The lowest BCUT2D eigenvalue weighted by atomic mass is 10.0. The van der Waals surface area contributed by atoms with Crippen LogP contribution >= 0.6 is 7.82 Å². The summed E-state index contributed by atoms with van der Waals surface area (Å²) in [7, 11) is 1.35. The number of esters is 1. The number of quaternary nitrogens is 1. The van der Waals surface area contributed by atoms with Gasteiger partial charge in [0.2, 0.25) is 0 Å². The third kappa shape index (κ3) is 45.4. The summed E-state index contributed by atoms with van der Waals surface area (Å²) in [5.74, 6) is -0.341. The Labute approximate surface area is 352 Å². The fourth-order valence-electron chi connectivity index (χ4n) is 6.30. The van der Waals surface area contributed by atoms with Gasteiger partial charge in [0.25, 0.3) is 7.82 Å². The maximum Gasteiger partial charge on any atom is 0.306 e. The van der Waals surface area contributed by atoms with Crippen LogP contribution in [0.4, 0.5) is 0 Å². The number of likely N-dealkylation sites (N-methyl/N-ethyl adjacent to an activating group) is 1. The highest BCUT2D eigenvalue weighted by atomic mass is 31.2. The maximum absolute atomic E-state index is 12.7. The summed E-state index contributed by atoms with van der Waals surface area (Å²) in [5, 5.41) is 0. The van der Waals surface area contributed by atoms with Crippen molar-refractivity contribution in [3.63, 3.8) is 0 Å². The van der Waals surface area contributed by atoms with Gasteiger partial charge >= 0.3 is 5.97 Å². The Kier molecular flexibility index (Phi) is 40.1. The zero-order chi connectivity index (χ0) is 42.0. The van der Waals surface area contributed by atoms with E-state index in [2.05, 4.69) is 62.5 Å². The zero-order valence-corrected chi connectivity index (χ0v) is 38.7. The minimum Gasteiger partial charge on any atom is -0.756 e. The summed E-state index contributed by atoms with van der Waals surface area (Å²) in [4.78, 5) is 25.1. The minimum absolute atomic E-state index is 0.0242. The van der Waals surface area contributed by atoms with Crippen LogP contribution < -0.4 is 4.89 Å². The monoisotopic (exact) mass is 824 g/mol. The number of carbonyl (C=O) groups excluding carboxylic acids is 1. The van der Waals surface area contributed by atoms with E-state index in [-0.39, 0.29) is 25.8 Å². The first kappa shape index (κ1) is 55.5. The number of carbonyl (C=O) groups is 1. The van der Waals surface area contributed by atoms with Crippen molar-refractivity contribution in [2.45, 2.75) is 200 Å². The summed E-state index contributed by atoms with van der Waals surface area (Å²) in [5.41, 5.74) is 0. The van der Waals surface area contributed by atoms with Crippen LogP contribution in [0.2, 0.25) is 0 Å². The van der Waals surface area contributed by atoms with Crippen molar-refractivity contribution in [1.82, 2.24) is 0 Å². The molecule has 8 nitrogen and oxygen atoms in total. The number of phosphoric ester groups is 1. The van der Waals surface area contributed by atoms with E-state index in [1.54, 1.807) is 0 Å². The third-order valence-corrected chi connectivity index (χ3v) is 10.9. The smallest absolute Gasteiger partial charge is 0.306 e. The van der Waals surface area contributed by atoms with E-state index in [4.69, 9.17) is 18.5 Å². The second kappa shape index (κ2) is 41.2. The molecule has 0 saturated heterocycles. The molecule has 0 spiro atoms. The molecule has 0 aromatic carbocycles. The fourth-order valence-corrected chi connectivity index (χ4v) is 7.03. The van der Waals surface area contributed by atoms with Crippen LogP contribution in [0.15, 0.2) is 48.6 Å². The Morgan fingerprint density at radius 1 is 0.561 bits per heavy atom. The van der Waals surface area contributed by atoms with Gasteiger partial charge in [-0.1, -0.05) is 184 Å². The van der Waals surface area contributed by atoms with Crippen molar-refractivity contribution in [2.24, 2.45) is 0 Å². The Balaban J connectivity index is 4.19. The first-order valence-corrected chi connectivity index (χ1v) is 24.8. The predicted molar refractivity (Wildman–Crippen MR) is 240 cm³/mol. The molecule has 2 atom stereocenters. The van der Waals surface area contributed by atoms with E-state index in [0.717, 1.165) is 64.2 Å². The number of rotatable bonds is 43. The zero-order valence-electron chi connectivity index (χ0n) is 37.8. The fraction of sp³-hybridized carbons (Fsp3) is 0.812. The normalized spacial score (nSPS) is 14.1. The van der Waals surface area contributed by atoms with E-state index in [1.807, 2.05) is 21.1 Å². The van der Waals surface area contributed by atoms with Gasteiger partial charge in [0.15, 0.2) is 0 Å². The second-order valence-corrected chi connectivity index (χ2v) is 18.2. The van der Waals surface area contributed by atoms with E-state index in [0.29, 0.717) is 24.1 Å². The molecule has 0 aromatic heterocycles. The molecule has 0 bridgehead atoms. The molecule has 0 aliphatic heterocycles. The van der Waals surface area contributed by atoms with Gasteiger partial charge in [-0.2, -0.15) is 0 Å². The number of ether oxygens (including phenoxy) is 2. The lowest BCUT2D eigenvalue weighted by Crippen LogP contribution is -2.37. The molecule has 0 heterocycles. The average Bonchev–Trinajstić information content (AvgIpc) is 3.16. The van der Waals surface area contributed by atoms with Gasteiger partial charge in [-0.3, -0.25) is 9.36 Å². The van der Waals surface area contributed by atoms with E-state index < -0.39 is 13.9 Å². The van der Waals surface area contributed by atoms with Crippen molar-refractivity contribution >= 4 is 13.8 Å². The Morgan fingerprint density at radius 3 is 1.53 bits per heavy atom. The largest absolute Gasteiger partial charge is 0.756 e. The SMILES string of the molecule is CC/C=C\C/C=C\C/C=C\C/C=C\CCCCCCCCCCC(=O)OC(COCCCCCCCCCCCCCCCC)COP(=O)([O-])OCC[N+](C)(C)C. The Morgan fingerprint density at radius 2 is 1.02 bits per heavy atom. The van der Waals surface area contributed by atoms with Gasteiger partial charge in [-0.15, -0.1) is 0 Å². The molecule has 0 aliphatic carbocycles. The molecule has 2 unspecified atom stereocenters. The topological polar surface area (TPSA) is 94.1 Å². The molecular formula is C48H90NO7P. The van der Waals surface area contributed by atoms with Gasteiger partial charge in [-0.05, 0) is 51.4 Å². The first-order chi connectivity index (χ1) is 27.6. The highest BCUT2D eigenvalue weighted by Crippen LogP contribution is 2.38. The lowest BCUT2D eigenvalue weighted by Gasteiger charge is -2.28. The van der Waals surface area contributed by atoms with Crippen molar-refractivity contribution < 1.29 is 37.3 Å². The Hall–Kier alpha value is -1.54. The summed E-state index contributed by atoms with van der Waals surface area (Å²) in [6.45, 7) is 5.31. The summed E-state index contributed by atoms with van der Waals surface area (Å²) < 4.78 is 34.6. The molecule has 57 heavy (non-hydrogen) atoms. The van der Waals surface area contributed by atoms with Gasteiger partial charge < -0.3 is 27.9 Å². The number of hydrogen-bond acceptors (Lipinski definition) is 7. The van der Waals surface area contributed by atoms with Crippen molar-refractivity contribution in [2.75, 3.05) is 54.1 Å². The number of phosphoric acid groups is 1. The number of allylic oxidation sites excluding steroid dienone is 8. The molecule has 0 aromatic rings. The second-order valence-electron chi connectivity index (χ2n) is 16.7. The molecule has 0 amide bonds. The summed E-state index contributed by atoms with van der Waals surface area (Å²) in [6, 6.07) is 0. The average molecular weight is 824 g/mol. The van der Waals surface area contributed by atoms with Crippen LogP contribution in [-0.4, -0.2) is 70.7 Å². The van der Waals surface area contributed by atoms with Crippen LogP contribution in [-0.2, 0) is 27.9 Å². The van der Waals surface area contributed by atoms with Crippen LogP contribution in [0.5, 0.6) is 0 Å². The summed E-state index contributed by atoms with van der Waals surface area (Å²) in [6.07, 6.45) is 49.8. The highest BCUT2D eigenvalue weighted by molar-refractivity contribution is 7.45. The van der Waals surface area contributed by atoms with Crippen LogP contribution in [0.3, 0.4) is 0 Å². The molecular weight excluding hydrogens is 734 g/mol. The van der Waals surface area contributed by atoms with E-state index >= 15 is 0 Å². The number of nitrogens with zero attached hydrogens (tertiary/aromatic N) is 1. The number of unbranched alkanes of at least 4 members (excludes halogenated alkanes) is 21. The quantitative estimate of drug-likeness (QED) is 0.0199. The third-order valence-electron chi connectivity index (χ3n) is 9.89. The minimum atomic E-state index is -4.53. The standard InChI is InChI=1S/C48H90NO7P/c1-6-8-10-12-14-16-18-20-22-23-24-25-26-27-28-29-31-33-35-37-39-41-48(50)56-47(46-55-57(51,52)54-44-42-49(3,4)5)45-53-43-40-38-36-34-32-30-21-19-17-15-13-11-9-7-2/h8,10,14,16,20,22,24-25,47H,6-7,9,11-13,15,17-19,21,23,26-46H2,1-5H3/b10-8-,16-14-,22-20-,25-24-. The van der Waals surface area contributed by atoms with Gasteiger partial charge in [-0.25, -0.2) is 0 Å². The van der Waals surface area contributed by atoms with E-state index in [1.165, 1.54) is 109 Å². The van der Waals surface area contributed by atoms with E-state index in [9.17, 15) is 14.3 Å². The highest BCUT2D eigenvalue weighted by Gasteiger charge is 2.20. The van der Waals surface area contributed by atoms with Crippen LogP contribution in [0.1, 0.15) is 194 Å². The van der Waals surface area contributed by atoms with Gasteiger partial charge in [0.05, 0.1) is 34.4 Å². The van der Waals surface area contributed by atoms with Crippen molar-refractivity contribution in [1.29, 1.82) is 0 Å². The predicted octanol–water partition coefficient (Wildman–Crippen LogP) is 13.3. The molecule has 9 heteroatoms. The molecule has 0 fully saturated rings.